The number of hydrogen-bond donors (Lipinski definition) is 0. The first-order valence-electron chi connectivity index (χ1n) is 4.04. The molecule has 0 aliphatic heterocycles. The molecule has 0 unspecified atom stereocenters. The van der Waals surface area contributed by atoms with Gasteiger partial charge in [-0.05, 0) is 0 Å². The van der Waals surface area contributed by atoms with Crippen LogP contribution in [0.1, 0.15) is 20.8 Å². The molecular formula is C6H15O6V. The van der Waals surface area contributed by atoms with E-state index in [-0.39, 0.29) is 0 Å². The van der Waals surface area contributed by atoms with Gasteiger partial charge in [0.25, 0.3) is 0 Å². The summed E-state index contributed by atoms with van der Waals surface area (Å²) in [6, 6.07) is 0. The molecule has 0 aliphatic carbocycles. The molecule has 0 saturated carbocycles. The van der Waals surface area contributed by atoms with Crippen molar-refractivity contribution in [2.45, 2.75) is 20.8 Å². The maximum absolute atomic E-state index is 4.75. The van der Waals surface area contributed by atoms with Gasteiger partial charge in [0.05, 0.1) is 0 Å². The molecule has 7 heteroatoms. The number of rotatable bonds is 9. The normalized spacial score (nSPS) is 11.1. The van der Waals surface area contributed by atoms with Gasteiger partial charge in [-0.1, -0.05) is 0 Å². The standard InChI is InChI=1S/3C2H6O2.V/c3*1-2-4-3;/h3*3H,2H2,1H3;/q;;;+3/p-3. The summed E-state index contributed by atoms with van der Waals surface area (Å²) in [7, 11) is 0. The van der Waals surface area contributed by atoms with Gasteiger partial charge in [0.2, 0.25) is 0 Å². The second kappa shape index (κ2) is 10.4. The Balaban J connectivity index is 3.47. The quantitative estimate of drug-likeness (QED) is 0.442. The predicted molar refractivity (Wildman–Crippen MR) is 38.1 cm³/mol. The molecule has 0 N–H and O–H groups in total. The van der Waals surface area contributed by atoms with Gasteiger partial charge in [-0.3, -0.25) is 0 Å². The summed E-state index contributed by atoms with van der Waals surface area (Å²) in [5.41, 5.74) is 0. The maximum atomic E-state index is 4.75. The van der Waals surface area contributed by atoms with Crippen LogP contribution >= 0.6 is 0 Å². The molecule has 0 saturated heterocycles. The monoisotopic (exact) mass is 234 g/mol. The SMILES string of the molecule is CCO[O][V]([O]OCC)[O]OCC. The van der Waals surface area contributed by atoms with Crippen LogP contribution in [-0.2, 0) is 42.3 Å². The van der Waals surface area contributed by atoms with E-state index in [1.54, 1.807) is 20.8 Å². The number of hydrogen-bond acceptors (Lipinski definition) is 6. The molecule has 0 rings (SSSR count). The molecule has 0 spiro atoms. The molecule has 0 aromatic rings. The molecule has 13 heavy (non-hydrogen) atoms. The molecule has 0 atom stereocenters. The zero-order valence-corrected chi connectivity index (χ0v) is 9.41. The van der Waals surface area contributed by atoms with Crippen molar-refractivity contribution in [3.8, 4) is 0 Å². The van der Waals surface area contributed by atoms with Gasteiger partial charge in [0.15, 0.2) is 0 Å². The minimum atomic E-state index is -2.52. The van der Waals surface area contributed by atoms with Crippen LogP contribution in [0.2, 0.25) is 0 Å². The first-order chi connectivity index (χ1) is 6.35. The molecule has 0 aromatic carbocycles. The Kier molecular flexibility index (Phi) is 10.7. The Bertz CT molecular complexity index is 84.1. The van der Waals surface area contributed by atoms with Crippen molar-refractivity contribution in [1.82, 2.24) is 0 Å². The molecule has 6 nitrogen and oxygen atoms in total. The van der Waals surface area contributed by atoms with Crippen LogP contribution in [0.5, 0.6) is 0 Å². The summed E-state index contributed by atoms with van der Waals surface area (Å²) in [4.78, 5) is 13.9. The Labute approximate surface area is 83.4 Å². The van der Waals surface area contributed by atoms with Gasteiger partial charge in [-0.2, -0.15) is 0 Å². The molecular weight excluding hydrogens is 219 g/mol. The van der Waals surface area contributed by atoms with Crippen LogP contribution < -0.4 is 0 Å². The van der Waals surface area contributed by atoms with E-state index in [1.807, 2.05) is 0 Å². The molecule has 0 heterocycles. The van der Waals surface area contributed by atoms with E-state index in [0.717, 1.165) is 0 Å². The first kappa shape index (κ1) is 13.3. The summed E-state index contributed by atoms with van der Waals surface area (Å²) in [6.45, 7) is 6.60. The molecule has 0 amide bonds. The fourth-order valence-electron chi connectivity index (χ4n) is 0.324. The second-order valence-electron chi connectivity index (χ2n) is 1.67. The van der Waals surface area contributed by atoms with Crippen LogP contribution in [0, 0.1) is 0 Å². The van der Waals surface area contributed by atoms with Crippen LogP contribution in [0.3, 0.4) is 0 Å². The van der Waals surface area contributed by atoms with Crippen molar-refractivity contribution in [2.24, 2.45) is 0 Å². The summed E-state index contributed by atoms with van der Waals surface area (Å²) < 4.78 is 14.2. The molecule has 80 valence electrons. The second-order valence-corrected chi connectivity index (χ2v) is 3.06. The molecule has 0 radical (unpaired) electrons. The zero-order chi connectivity index (χ0) is 9.94. The average Bonchev–Trinajstić information content (AvgIpc) is 2.17. The van der Waals surface area contributed by atoms with Crippen molar-refractivity contribution in [2.75, 3.05) is 19.8 Å². The Morgan fingerprint density at radius 1 is 0.692 bits per heavy atom. The van der Waals surface area contributed by atoms with Gasteiger partial charge in [0.1, 0.15) is 0 Å². The first-order valence-corrected chi connectivity index (χ1v) is 5.75. The Hall–Kier alpha value is 0.344. The minimum absolute atomic E-state index is 0.413. The van der Waals surface area contributed by atoms with E-state index in [2.05, 4.69) is 14.7 Å². The fourth-order valence-corrected chi connectivity index (χ4v) is 1.34. The van der Waals surface area contributed by atoms with Gasteiger partial charge in [-0.15, -0.1) is 0 Å². The average molecular weight is 234 g/mol. The van der Waals surface area contributed by atoms with E-state index in [1.165, 1.54) is 0 Å². The van der Waals surface area contributed by atoms with Crippen molar-refractivity contribution >= 4 is 0 Å². The summed E-state index contributed by atoms with van der Waals surface area (Å²) in [5.74, 6) is 0. The van der Waals surface area contributed by atoms with Crippen molar-refractivity contribution in [1.29, 1.82) is 0 Å². The third-order valence-corrected chi connectivity index (χ3v) is 1.76. The van der Waals surface area contributed by atoms with E-state index < -0.39 is 16.2 Å². The van der Waals surface area contributed by atoms with Crippen molar-refractivity contribution in [3.63, 3.8) is 0 Å². The van der Waals surface area contributed by atoms with Gasteiger partial charge < -0.3 is 0 Å². The summed E-state index contributed by atoms with van der Waals surface area (Å²) in [5, 5.41) is 0. The van der Waals surface area contributed by atoms with Gasteiger partial charge >= 0.3 is 82.9 Å². The summed E-state index contributed by atoms with van der Waals surface area (Å²) in [6.07, 6.45) is 0. The van der Waals surface area contributed by atoms with Crippen LogP contribution in [0.25, 0.3) is 0 Å². The van der Waals surface area contributed by atoms with Crippen LogP contribution in [0.4, 0.5) is 0 Å². The predicted octanol–water partition coefficient (Wildman–Crippen LogP) is 1.25. The van der Waals surface area contributed by atoms with E-state index >= 15 is 0 Å². The van der Waals surface area contributed by atoms with Crippen LogP contribution in [0.15, 0.2) is 0 Å². The molecule has 0 bridgehead atoms. The van der Waals surface area contributed by atoms with Crippen LogP contribution in [-0.4, -0.2) is 19.8 Å². The molecule has 0 aliphatic rings. The van der Waals surface area contributed by atoms with Crippen molar-refractivity contribution < 1.29 is 42.3 Å². The van der Waals surface area contributed by atoms with E-state index in [4.69, 9.17) is 11.4 Å². The van der Waals surface area contributed by atoms with Gasteiger partial charge in [0, 0.05) is 0 Å². The van der Waals surface area contributed by atoms with Crippen molar-refractivity contribution in [3.05, 3.63) is 0 Å². The van der Waals surface area contributed by atoms with E-state index in [9.17, 15) is 0 Å². The molecule has 0 fully saturated rings. The summed E-state index contributed by atoms with van der Waals surface area (Å²) >= 11 is -2.52. The van der Waals surface area contributed by atoms with Gasteiger partial charge in [-0.25, -0.2) is 0 Å². The van der Waals surface area contributed by atoms with E-state index in [0.29, 0.717) is 19.8 Å². The Morgan fingerprint density at radius 3 is 1.23 bits per heavy atom. The zero-order valence-electron chi connectivity index (χ0n) is 8.02. The fraction of sp³-hybridized carbons (Fsp3) is 1.00. The topological polar surface area (TPSA) is 55.4 Å². The third-order valence-electron chi connectivity index (χ3n) is 0.694. The molecule has 0 aromatic heterocycles. The Morgan fingerprint density at radius 2 is 1.00 bits per heavy atom. The third kappa shape index (κ3) is 8.67.